The van der Waals surface area contributed by atoms with E-state index in [9.17, 15) is 4.79 Å². The number of thiophene rings is 1. The van der Waals surface area contributed by atoms with Crippen LogP contribution in [-0.4, -0.2) is 48.9 Å². The van der Waals surface area contributed by atoms with Crippen LogP contribution in [0.15, 0.2) is 11.4 Å². The number of ether oxygens (including phenoxy) is 1. The molecule has 6 heteroatoms. The molecular formula is C14H18N2O3S. The van der Waals surface area contributed by atoms with Gasteiger partial charge < -0.3 is 20.1 Å². The molecule has 0 bridgehead atoms. The van der Waals surface area contributed by atoms with E-state index in [4.69, 9.17) is 9.84 Å². The highest BCUT2D eigenvalue weighted by Crippen LogP contribution is 2.15. The molecule has 0 spiro atoms. The van der Waals surface area contributed by atoms with Gasteiger partial charge in [-0.15, -0.1) is 11.3 Å². The lowest BCUT2D eigenvalue weighted by Gasteiger charge is -2.26. The van der Waals surface area contributed by atoms with Crippen LogP contribution in [0, 0.1) is 11.8 Å². The molecular weight excluding hydrogens is 276 g/mol. The van der Waals surface area contributed by atoms with Crippen molar-refractivity contribution < 1.29 is 14.6 Å². The topological polar surface area (TPSA) is 61.8 Å². The molecule has 0 radical (unpaired) electrons. The van der Waals surface area contributed by atoms with E-state index in [1.54, 1.807) is 16.2 Å². The molecule has 108 valence electrons. The lowest BCUT2D eigenvalue weighted by atomic mass is 10.2. The number of nitrogens with one attached hydrogen (secondary N) is 1. The second-order valence-electron chi connectivity index (χ2n) is 4.29. The Morgan fingerprint density at radius 2 is 2.30 bits per heavy atom. The molecule has 0 aromatic carbocycles. The Kier molecular flexibility index (Phi) is 5.87. The first-order valence-corrected chi connectivity index (χ1v) is 7.46. The molecule has 0 unspecified atom stereocenters. The second-order valence-corrected chi connectivity index (χ2v) is 5.29. The normalized spacial score (nSPS) is 14.6. The standard InChI is InChI=1S/C14H18N2O3S/c17-7-2-1-3-12-4-10-20-13(12)11-15-14(18)16-5-8-19-9-6-16/h4,10,17H,2,5-9,11H2,(H,15,18). The zero-order valence-electron chi connectivity index (χ0n) is 11.2. The van der Waals surface area contributed by atoms with E-state index in [-0.39, 0.29) is 12.6 Å². The van der Waals surface area contributed by atoms with Crippen molar-refractivity contribution in [1.29, 1.82) is 0 Å². The lowest BCUT2D eigenvalue weighted by molar-refractivity contribution is 0.0531. The van der Waals surface area contributed by atoms with Crippen molar-refractivity contribution >= 4 is 17.4 Å². The van der Waals surface area contributed by atoms with E-state index in [2.05, 4.69) is 17.2 Å². The number of nitrogens with zero attached hydrogens (tertiary/aromatic N) is 1. The summed E-state index contributed by atoms with van der Waals surface area (Å²) >= 11 is 1.57. The Morgan fingerprint density at radius 3 is 3.05 bits per heavy atom. The minimum Gasteiger partial charge on any atom is -0.395 e. The molecule has 0 saturated carbocycles. The third kappa shape index (κ3) is 4.23. The monoisotopic (exact) mass is 294 g/mol. The van der Waals surface area contributed by atoms with Crippen molar-refractivity contribution in [3.05, 3.63) is 21.9 Å². The van der Waals surface area contributed by atoms with Crippen LogP contribution in [0.5, 0.6) is 0 Å². The van der Waals surface area contributed by atoms with Crippen molar-refractivity contribution in [3.8, 4) is 11.8 Å². The summed E-state index contributed by atoms with van der Waals surface area (Å²) < 4.78 is 5.22. The number of urea groups is 1. The SMILES string of the molecule is O=C(NCc1sccc1C#CCCO)N1CCOCC1. The van der Waals surface area contributed by atoms with Crippen LogP contribution < -0.4 is 5.32 Å². The van der Waals surface area contributed by atoms with Crippen LogP contribution >= 0.6 is 11.3 Å². The van der Waals surface area contributed by atoms with Crippen molar-refractivity contribution in [2.75, 3.05) is 32.9 Å². The minimum atomic E-state index is -0.0593. The fourth-order valence-electron chi connectivity index (χ4n) is 1.84. The Balaban J connectivity index is 1.86. The Morgan fingerprint density at radius 1 is 1.50 bits per heavy atom. The van der Waals surface area contributed by atoms with Gasteiger partial charge in [0.15, 0.2) is 0 Å². The predicted octanol–water partition coefficient (Wildman–Crippen LogP) is 1.02. The van der Waals surface area contributed by atoms with Gasteiger partial charge in [-0.1, -0.05) is 11.8 Å². The summed E-state index contributed by atoms with van der Waals surface area (Å²) in [6.07, 6.45) is 0.468. The summed E-state index contributed by atoms with van der Waals surface area (Å²) in [6, 6.07) is 1.88. The fourth-order valence-corrected chi connectivity index (χ4v) is 2.61. The van der Waals surface area contributed by atoms with E-state index in [1.165, 1.54) is 0 Å². The third-order valence-electron chi connectivity index (χ3n) is 2.90. The van der Waals surface area contributed by atoms with Gasteiger partial charge in [-0.3, -0.25) is 0 Å². The average Bonchev–Trinajstić information content (AvgIpc) is 2.93. The van der Waals surface area contributed by atoms with Crippen LogP contribution in [0.3, 0.4) is 0 Å². The molecule has 0 aliphatic carbocycles. The molecule has 20 heavy (non-hydrogen) atoms. The quantitative estimate of drug-likeness (QED) is 0.818. The number of rotatable bonds is 3. The van der Waals surface area contributed by atoms with Crippen LogP contribution in [-0.2, 0) is 11.3 Å². The minimum absolute atomic E-state index is 0.0593. The molecule has 2 heterocycles. The fraction of sp³-hybridized carbons (Fsp3) is 0.500. The van der Waals surface area contributed by atoms with Crippen LogP contribution in [0.4, 0.5) is 4.79 Å². The number of hydrogen-bond acceptors (Lipinski definition) is 4. The maximum Gasteiger partial charge on any atom is 0.317 e. The third-order valence-corrected chi connectivity index (χ3v) is 3.82. The van der Waals surface area contributed by atoms with E-state index < -0.39 is 0 Å². The first-order valence-electron chi connectivity index (χ1n) is 6.58. The van der Waals surface area contributed by atoms with E-state index in [1.807, 2.05) is 11.4 Å². The van der Waals surface area contributed by atoms with Gasteiger partial charge in [-0.25, -0.2) is 4.79 Å². The van der Waals surface area contributed by atoms with Gasteiger partial charge in [0, 0.05) is 30.0 Å². The lowest BCUT2D eigenvalue weighted by Crippen LogP contribution is -2.45. The summed E-state index contributed by atoms with van der Waals surface area (Å²) in [7, 11) is 0. The molecule has 2 N–H and O–H groups in total. The zero-order valence-corrected chi connectivity index (χ0v) is 12.0. The summed E-state index contributed by atoms with van der Waals surface area (Å²) in [5.41, 5.74) is 0.922. The molecule has 1 saturated heterocycles. The molecule has 1 aromatic rings. The van der Waals surface area contributed by atoms with Gasteiger partial charge in [0.25, 0.3) is 0 Å². The summed E-state index contributed by atoms with van der Waals surface area (Å²) in [4.78, 5) is 14.8. The van der Waals surface area contributed by atoms with Crippen LogP contribution in [0.1, 0.15) is 16.9 Å². The molecule has 2 amide bonds. The highest BCUT2D eigenvalue weighted by molar-refractivity contribution is 7.10. The number of aliphatic hydroxyl groups excluding tert-OH is 1. The van der Waals surface area contributed by atoms with Gasteiger partial charge >= 0.3 is 6.03 Å². The van der Waals surface area contributed by atoms with Crippen LogP contribution in [0.2, 0.25) is 0 Å². The maximum absolute atomic E-state index is 12.0. The van der Waals surface area contributed by atoms with E-state index in [0.717, 1.165) is 10.4 Å². The first kappa shape index (κ1) is 14.9. The van der Waals surface area contributed by atoms with Gasteiger partial charge in [-0.2, -0.15) is 0 Å². The highest BCUT2D eigenvalue weighted by atomic mass is 32.1. The predicted molar refractivity (Wildman–Crippen MR) is 77.5 cm³/mol. The molecule has 1 fully saturated rings. The maximum atomic E-state index is 12.0. The van der Waals surface area contributed by atoms with Gasteiger partial charge in [0.1, 0.15) is 0 Å². The van der Waals surface area contributed by atoms with Crippen LogP contribution in [0.25, 0.3) is 0 Å². The smallest absolute Gasteiger partial charge is 0.317 e. The Hall–Kier alpha value is -1.55. The molecule has 0 atom stereocenters. The van der Waals surface area contributed by atoms with Gasteiger partial charge in [0.2, 0.25) is 0 Å². The van der Waals surface area contributed by atoms with Crippen molar-refractivity contribution in [2.24, 2.45) is 0 Å². The molecule has 2 rings (SSSR count). The molecule has 1 aliphatic heterocycles. The van der Waals surface area contributed by atoms with Crippen molar-refractivity contribution in [3.63, 3.8) is 0 Å². The number of carbonyl (C=O) groups excluding carboxylic acids is 1. The van der Waals surface area contributed by atoms with Crippen molar-refractivity contribution in [2.45, 2.75) is 13.0 Å². The van der Waals surface area contributed by atoms with Gasteiger partial charge in [-0.05, 0) is 11.4 Å². The largest absolute Gasteiger partial charge is 0.395 e. The summed E-state index contributed by atoms with van der Waals surface area (Å²) in [5, 5.41) is 13.6. The summed E-state index contributed by atoms with van der Waals surface area (Å²) in [5.74, 6) is 5.91. The number of aliphatic hydroxyl groups is 1. The highest BCUT2D eigenvalue weighted by Gasteiger charge is 2.16. The summed E-state index contributed by atoms with van der Waals surface area (Å²) in [6.45, 7) is 3.03. The number of amides is 2. The number of morpholine rings is 1. The Labute approximate surface area is 122 Å². The van der Waals surface area contributed by atoms with Crippen molar-refractivity contribution in [1.82, 2.24) is 10.2 Å². The molecule has 1 aromatic heterocycles. The molecule has 5 nitrogen and oxygen atoms in total. The van der Waals surface area contributed by atoms with E-state index in [0.29, 0.717) is 39.3 Å². The Bertz CT molecular complexity index is 498. The first-order chi connectivity index (χ1) is 9.81. The van der Waals surface area contributed by atoms with E-state index >= 15 is 0 Å². The molecule has 1 aliphatic rings. The zero-order chi connectivity index (χ0) is 14.2. The number of hydrogen-bond donors (Lipinski definition) is 2. The second kappa shape index (κ2) is 7.90. The number of carbonyl (C=O) groups is 1. The average molecular weight is 294 g/mol. The van der Waals surface area contributed by atoms with Gasteiger partial charge in [0.05, 0.1) is 26.4 Å².